The highest BCUT2D eigenvalue weighted by Crippen LogP contribution is 2.61. The number of carbonyl (C=O) groups excluding carboxylic acids is 1. The SMILES string of the molecule is CC=CCN(CCC12CC3CC(CC(C3)C1)C2)C(=O)NCCCc1ccncc1. The van der Waals surface area contributed by atoms with Gasteiger partial charge in [0.15, 0.2) is 0 Å². The van der Waals surface area contributed by atoms with E-state index in [2.05, 4.69) is 22.5 Å². The van der Waals surface area contributed by atoms with E-state index < -0.39 is 0 Å². The Morgan fingerprint density at radius 1 is 1.17 bits per heavy atom. The van der Waals surface area contributed by atoms with Gasteiger partial charge in [0.2, 0.25) is 0 Å². The first kappa shape index (κ1) is 20.4. The van der Waals surface area contributed by atoms with Crippen molar-refractivity contribution in [3.63, 3.8) is 0 Å². The largest absolute Gasteiger partial charge is 0.338 e. The summed E-state index contributed by atoms with van der Waals surface area (Å²) in [5.41, 5.74) is 1.81. The molecule has 4 aliphatic rings. The molecule has 1 aromatic heterocycles. The van der Waals surface area contributed by atoms with E-state index in [9.17, 15) is 4.79 Å². The number of aryl methyl sites for hydroxylation is 1. The number of rotatable bonds is 9. The maximum atomic E-state index is 12.8. The molecule has 0 saturated heterocycles. The smallest absolute Gasteiger partial charge is 0.317 e. The summed E-state index contributed by atoms with van der Waals surface area (Å²) in [6.07, 6.45) is 19.7. The molecule has 4 heteroatoms. The number of hydrogen-bond acceptors (Lipinski definition) is 2. The molecule has 1 aromatic rings. The first-order chi connectivity index (χ1) is 14.2. The maximum Gasteiger partial charge on any atom is 0.317 e. The van der Waals surface area contributed by atoms with Crippen molar-refractivity contribution in [3.8, 4) is 0 Å². The van der Waals surface area contributed by atoms with E-state index in [4.69, 9.17) is 0 Å². The van der Waals surface area contributed by atoms with Crippen molar-refractivity contribution in [3.05, 3.63) is 42.2 Å². The molecule has 0 radical (unpaired) electrons. The zero-order valence-electron chi connectivity index (χ0n) is 18.0. The highest BCUT2D eigenvalue weighted by molar-refractivity contribution is 5.74. The van der Waals surface area contributed by atoms with Crippen LogP contribution >= 0.6 is 0 Å². The Balaban J connectivity index is 1.26. The number of nitrogens with one attached hydrogen (secondary N) is 1. The van der Waals surface area contributed by atoms with Crippen molar-refractivity contribution in [2.75, 3.05) is 19.6 Å². The zero-order chi connectivity index (χ0) is 20.1. The lowest BCUT2D eigenvalue weighted by Gasteiger charge is -2.57. The van der Waals surface area contributed by atoms with E-state index in [1.54, 1.807) is 0 Å². The van der Waals surface area contributed by atoms with Gasteiger partial charge < -0.3 is 10.2 Å². The molecule has 4 aliphatic carbocycles. The van der Waals surface area contributed by atoms with Crippen molar-refractivity contribution < 1.29 is 4.79 Å². The minimum Gasteiger partial charge on any atom is -0.338 e. The molecule has 5 rings (SSSR count). The van der Waals surface area contributed by atoms with Crippen molar-refractivity contribution >= 4 is 6.03 Å². The molecule has 4 saturated carbocycles. The predicted molar refractivity (Wildman–Crippen MR) is 118 cm³/mol. The summed E-state index contributed by atoms with van der Waals surface area (Å²) in [6, 6.07) is 4.19. The fourth-order valence-electron chi connectivity index (χ4n) is 6.63. The minimum absolute atomic E-state index is 0.0996. The summed E-state index contributed by atoms with van der Waals surface area (Å²) < 4.78 is 0. The van der Waals surface area contributed by atoms with Crippen LogP contribution in [0.2, 0.25) is 0 Å². The van der Waals surface area contributed by atoms with Gasteiger partial charge in [-0.3, -0.25) is 4.98 Å². The average Bonchev–Trinajstić information content (AvgIpc) is 2.71. The van der Waals surface area contributed by atoms with Crippen molar-refractivity contribution in [2.45, 2.75) is 64.7 Å². The van der Waals surface area contributed by atoms with Gasteiger partial charge in [-0.05, 0) is 106 Å². The van der Waals surface area contributed by atoms with Gasteiger partial charge in [0.1, 0.15) is 0 Å². The van der Waals surface area contributed by atoms with E-state index in [-0.39, 0.29) is 6.03 Å². The predicted octanol–water partition coefficient (Wildman–Crippen LogP) is 5.21. The summed E-state index contributed by atoms with van der Waals surface area (Å²) in [7, 11) is 0. The summed E-state index contributed by atoms with van der Waals surface area (Å²) in [5.74, 6) is 2.94. The van der Waals surface area contributed by atoms with Crippen molar-refractivity contribution in [1.29, 1.82) is 0 Å². The molecule has 1 heterocycles. The first-order valence-electron chi connectivity index (χ1n) is 11.7. The standard InChI is InChI=1S/C25H37N3O/c1-2-3-12-28(24(29)27-9-4-5-20-6-10-26-11-7-20)13-8-25-17-21-14-22(18-25)16-23(15-21)19-25/h2-3,6-7,10-11,21-23H,4-5,8-9,12-19H2,1H3,(H,27,29). The number of urea groups is 1. The van der Waals surface area contributed by atoms with Crippen LogP contribution in [0.4, 0.5) is 4.79 Å². The van der Waals surface area contributed by atoms with Crippen LogP contribution in [0.5, 0.6) is 0 Å². The molecule has 4 bridgehead atoms. The number of pyridine rings is 1. The first-order valence-corrected chi connectivity index (χ1v) is 11.7. The fourth-order valence-corrected chi connectivity index (χ4v) is 6.63. The molecule has 2 amide bonds. The van der Waals surface area contributed by atoms with Gasteiger partial charge in [-0.15, -0.1) is 0 Å². The van der Waals surface area contributed by atoms with Crippen LogP contribution < -0.4 is 5.32 Å². The summed E-state index contributed by atoms with van der Waals surface area (Å²) in [6.45, 7) is 4.38. The van der Waals surface area contributed by atoms with Crippen LogP contribution in [-0.2, 0) is 6.42 Å². The van der Waals surface area contributed by atoms with E-state index >= 15 is 0 Å². The fraction of sp³-hybridized carbons (Fsp3) is 0.680. The Morgan fingerprint density at radius 2 is 1.83 bits per heavy atom. The summed E-state index contributed by atoms with van der Waals surface area (Å²) in [4.78, 5) is 18.9. The average molecular weight is 396 g/mol. The molecule has 29 heavy (non-hydrogen) atoms. The summed E-state index contributed by atoms with van der Waals surface area (Å²) >= 11 is 0. The number of nitrogens with zero attached hydrogens (tertiary/aromatic N) is 2. The molecular weight excluding hydrogens is 358 g/mol. The van der Waals surface area contributed by atoms with Crippen LogP contribution in [0.3, 0.4) is 0 Å². The lowest BCUT2D eigenvalue weighted by atomic mass is 9.49. The van der Waals surface area contributed by atoms with Gasteiger partial charge in [-0.2, -0.15) is 0 Å². The van der Waals surface area contributed by atoms with E-state index in [1.807, 2.05) is 36.4 Å². The molecule has 1 N–H and O–H groups in total. The molecule has 4 nitrogen and oxygen atoms in total. The van der Waals surface area contributed by atoms with E-state index in [0.29, 0.717) is 5.41 Å². The molecular formula is C25H37N3O. The van der Waals surface area contributed by atoms with Crippen LogP contribution in [-0.4, -0.2) is 35.5 Å². The van der Waals surface area contributed by atoms with Crippen LogP contribution in [0.25, 0.3) is 0 Å². The minimum atomic E-state index is 0.0996. The maximum absolute atomic E-state index is 12.8. The third-order valence-corrected chi connectivity index (χ3v) is 7.59. The highest BCUT2D eigenvalue weighted by atomic mass is 16.2. The summed E-state index contributed by atoms with van der Waals surface area (Å²) in [5, 5.41) is 3.16. The molecule has 0 unspecified atom stereocenters. The van der Waals surface area contributed by atoms with Crippen LogP contribution in [0.1, 0.15) is 63.9 Å². The van der Waals surface area contributed by atoms with E-state index in [1.165, 1.54) is 50.5 Å². The molecule has 0 spiro atoms. The molecule has 158 valence electrons. The number of hydrogen-bond donors (Lipinski definition) is 1. The van der Waals surface area contributed by atoms with E-state index in [0.717, 1.165) is 50.2 Å². The Bertz CT molecular complexity index is 664. The Morgan fingerprint density at radius 3 is 2.45 bits per heavy atom. The second kappa shape index (κ2) is 9.32. The topological polar surface area (TPSA) is 45.2 Å². The molecule has 0 atom stereocenters. The monoisotopic (exact) mass is 395 g/mol. The van der Waals surface area contributed by atoms with Gasteiger partial charge in [-0.1, -0.05) is 12.2 Å². The Kier molecular flexibility index (Phi) is 6.56. The second-order valence-electron chi connectivity index (χ2n) is 9.87. The van der Waals surface area contributed by atoms with Crippen molar-refractivity contribution in [2.24, 2.45) is 23.2 Å². The number of carbonyl (C=O) groups is 1. The van der Waals surface area contributed by atoms with Gasteiger partial charge >= 0.3 is 6.03 Å². The van der Waals surface area contributed by atoms with Gasteiger partial charge in [-0.25, -0.2) is 4.79 Å². The van der Waals surface area contributed by atoms with Crippen LogP contribution in [0.15, 0.2) is 36.7 Å². The lowest BCUT2D eigenvalue weighted by Crippen LogP contribution is -2.48. The number of amides is 2. The third-order valence-electron chi connectivity index (χ3n) is 7.59. The van der Waals surface area contributed by atoms with Crippen LogP contribution in [0, 0.1) is 23.2 Å². The van der Waals surface area contributed by atoms with Gasteiger partial charge in [0.25, 0.3) is 0 Å². The Labute approximate surface area is 176 Å². The number of aromatic nitrogens is 1. The van der Waals surface area contributed by atoms with Gasteiger partial charge in [0, 0.05) is 32.0 Å². The molecule has 0 aromatic carbocycles. The van der Waals surface area contributed by atoms with Crippen molar-refractivity contribution in [1.82, 2.24) is 15.2 Å². The molecule has 0 aliphatic heterocycles. The quantitative estimate of drug-likeness (QED) is 0.461. The lowest BCUT2D eigenvalue weighted by molar-refractivity contribution is -0.0593. The highest BCUT2D eigenvalue weighted by Gasteiger charge is 2.50. The molecule has 4 fully saturated rings. The second-order valence-corrected chi connectivity index (χ2v) is 9.87. The third kappa shape index (κ3) is 5.21. The zero-order valence-corrected chi connectivity index (χ0v) is 18.0. The Hall–Kier alpha value is -1.84. The normalized spacial score (nSPS) is 30.0. The number of allylic oxidation sites excluding steroid dienone is 1. The van der Waals surface area contributed by atoms with Gasteiger partial charge in [0.05, 0.1) is 0 Å².